The molecule has 108 valence electrons. The quantitative estimate of drug-likeness (QED) is 0.732. The Morgan fingerprint density at radius 3 is 2.70 bits per heavy atom. The summed E-state index contributed by atoms with van der Waals surface area (Å²) in [4.78, 5) is 24.6. The summed E-state index contributed by atoms with van der Waals surface area (Å²) >= 11 is 0. The third-order valence-electron chi connectivity index (χ3n) is 3.34. The zero-order chi connectivity index (χ0) is 14.5. The van der Waals surface area contributed by atoms with Gasteiger partial charge in [0.25, 0.3) is 0 Å². The van der Waals surface area contributed by atoms with E-state index in [-0.39, 0.29) is 24.4 Å². The van der Waals surface area contributed by atoms with Crippen LogP contribution in [0.15, 0.2) is 24.3 Å². The van der Waals surface area contributed by atoms with E-state index in [9.17, 15) is 9.59 Å². The van der Waals surface area contributed by atoms with Crippen molar-refractivity contribution in [2.75, 3.05) is 19.7 Å². The maximum absolute atomic E-state index is 11.5. The fourth-order valence-electron chi connectivity index (χ4n) is 2.04. The first-order chi connectivity index (χ1) is 9.60. The van der Waals surface area contributed by atoms with E-state index in [1.54, 1.807) is 11.8 Å². The van der Waals surface area contributed by atoms with E-state index in [0.29, 0.717) is 19.7 Å². The second-order valence-electron chi connectivity index (χ2n) is 4.76. The Morgan fingerprint density at radius 2 is 2.05 bits per heavy atom. The van der Waals surface area contributed by atoms with E-state index >= 15 is 0 Å². The van der Waals surface area contributed by atoms with Gasteiger partial charge < -0.3 is 10.5 Å². The number of nitrogens with one attached hydrogen (secondary N) is 1. The van der Waals surface area contributed by atoms with Crippen molar-refractivity contribution in [1.82, 2.24) is 10.2 Å². The molecule has 0 radical (unpaired) electrons. The molecule has 6 heteroatoms. The first-order valence-corrected chi connectivity index (χ1v) is 6.59. The number of hydrogen-bond donors (Lipinski definition) is 2. The van der Waals surface area contributed by atoms with Crippen LogP contribution in [-0.2, 0) is 16.1 Å². The van der Waals surface area contributed by atoms with Gasteiger partial charge in [0.15, 0.2) is 0 Å². The molecule has 1 fully saturated rings. The molecule has 1 aromatic rings. The number of carbonyl (C=O) groups is 2. The van der Waals surface area contributed by atoms with Crippen molar-refractivity contribution in [2.24, 2.45) is 5.73 Å². The average molecular weight is 277 g/mol. The van der Waals surface area contributed by atoms with Gasteiger partial charge in [-0.15, -0.1) is 0 Å². The van der Waals surface area contributed by atoms with Crippen LogP contribution in [0.4, 0.5) is 0 Å². The van der Waals surface area contributed by atoms with E-state index in [1.165, 1.54) is 0 Å². The Hall–Kier alpha value is -1.92. The maximum atomic E-state index is 11.5. The van der Waals surface area contributed by atoms with Crippen LogP contribution >= 0.6 is 0 Å². The minimum Gasteiger partial charge on any atom is -0.492 e. The number of ether oxygens (including phenoxy) is 1. The van der Waals surface area contributed by atoms with Gasteiger partial charge in [-0.25, -0.2) is 0 Å². The van der Waals surface area contributed by atoms with E-state index in [0.717, 1.165) is 11.3 Å². The summed E-state index contributed by atoms with van der Waals surface area (Å²) in [7, 11) is 0. The van der Waals surface area contributed by atoms with Gasteiger partial charge in [0, 0.05) is 13.1 Å². The van der Waals surface area contributed by atoms with Crippen LogP contribution in [-0.4, -0.2) is 42.5 Å². The minimum absolute atomic E-state index is 0.225. The van der Waals surface area contributed by atoms with Crippen molar-refractivity contribution in [3.63, 3.8) is 0 Å². The van der Waals surface area contributed by atoms with Crippen molar-refractivity contribution in [3.8, 4) is 5.75 Å². The largest absolute Gasteiger partial charge is 0.492 e. The zero-order valence-corrected chi connectivity index (χ0v) is 11.5. The fraction of sp³-hybridized carbons (Fsp3) is 0.429. The number of nitrogens with zero attached hydrogens (tertiary/aromatic N) is 1. The van der Waals surface area contributed by atoms with E-state index in [2.05, 4.69) is 5.32 Å². The molecule has 0 saturated carbocycles. The molecule has 20 heavy (non-hydrogen) atoms. The van der Waals surface area contributed by atoms with Crippen LogP contribution in [0.2, 0.25) is 0 Å². The number of imide groups is 1. The van der Waals surface area contributed by atoms with Crippen molar-refractivity contribution in [3.05, 3.63) is 29.8 Å². The van der Waals surface area contributed by atoms with Crippen LogP contribution in [0.1, 0.15) is 12.5 Å². The highest BCUT2D eigenvalue weighted by Crippen LogP contribution is 2.12. The second-order valence-corrected chi connectivity index (χ2v) is 4.76. The van der Waals surface area contributed by atoms with Gasteiger partial charge in [0.2, 0.25) is 11.8 Å². The Bertz CT molecular complexity index is 487. The van der Waals surface area contributed by atoms with Crippen LogP contribution in [0.3, 0.4) is 0 Å². The Balaban J connectivity index is 1.82. The minimum atomic E-state index is -0.309. The lowest BCUT2D eigenvalue weighted by molar-refractivity contribution is -0.139. The summed E-state index contributed by atoms with van der Waals surface area (Å²) in [6.07, 6.45) is 0. The Kier molecular flexibility index (Phi) is 4.70. The molecule has 0 bridgehead atoms. The number of benzene rings is 1. The van der Waals surface area contributed by atoms with Crippen molar-refractivity contribution in [2.45, 2.75) is 19.5 Å². The highest BCUT2D eigenvalue weighted by atomic mass is 16.5. The van der Waals surface area contributed by atoms with Crippen LogP contribution in [0.25, 0.3) is 0 Å². The van der Waals surface area contributed by atoms with Crippen LogP contribution < -0.4 is 15.8 Å². The SMILES string of the molecule is CC1C(=O)NC(=O)CN1CCOc1ccc(CN)cc1. The molecule has 1 aromatic carbocycles. The summed E-state index contributed by atoms with van der Waals surface area (Å²) in [6.45, 7) is 3.45. The summed E-state index contributed by atoms with van der Waals surface area (Å²) in [5.41, 5.74) is 6.57. The highest BCUT2D eigenvalue weighted by Gasteiger charge is 2.29. The topological polar surface area (TPSA) is 84.7 Å². The van der Waals surface area contributed by atoms with Gasteiger partial charge in [-0.2, -0.15) is 0 Å². The van der Waals surface area contributed by atoms with E-state index in [4.69, 9.17) is 10.5 Å². The van der Waals surface area contributed by atoms with Gasteiger partial charge in [0.1, 0.15) is 12.4 Å². The number of rotatable bonds is 5. The number of nitrogens with two attached hydrogens (primary N) is 1. The Morgan fingerprint density at radius 1 is 1.35 bits per heavy atom. The molecule has 2 amide bonds. The lowest BCUT2D eigenvalue weighted by Gasteiger charge is -2.31. The van der Waals surface area contributed by atoms with Gasteiger partial charge in [0.05, 0.1) is 12.6 Å². The van der Waals surface area contributed by atoms with E-state index < -0.39 is 0 Å². The van der Waals surface area contributed by atoms with Crippen LogP contribution in [0.5, 0.6) is 5.75 Å². The molecular weight excluding hydrogens is 258 g/mol. The fourth-order valence-corrected chi connectivity index (χ4v) is 2.04. The Labute approximate surface area is 117 Å². The predicted octanol–water partition coefficient (Wildman–Crippen LogP) is -0.129. The van der Waals surface area contributed by atoms with Gasteiger partial charge in [-0.1, -0.05) is 12.1 Å². The summed E-state index contributed by atoms with van der Waals surface area (Å²) < 4.78 is 5.60. The summed E-state index contributed by atoms with van der Waals surface area (Å²) in [5, 5.41) is 2.31. The van der Waals surface area contributed by atoms with Crippen molar-refractivity contribution < 1.29 is 14.3 Å². The molecule has 0 aliphatic carbocycles. The molecule has 1 saturated heterocycles. The van der Waals surface area contributed by atoms with Crippen molar-refractivity contribution in [1.29, 1.82) is 0 Å². The molecule has 0 spiro atoms. The molecule has 1 unspecified atom stereocenters. The monoisotopic (exact) mass is 277 g/mol. The smallest absolute Gasteiger partial charge is 0.243 e. The standard InChI is InChI=1S/C14H19N3O3/c1-10-14(19)16-13(18)9-17(10)6-7-20-12-4-2-11(8-15)3-5-12/h2-5,10H,6-9,15H2,1H3,(H,16,18,19). The molecular formula is C14H19N3O3. The summed E-state index contributed by atoms with van der Waals surface area (Å²) in [5.74, 6) is 0.233. The molecule has 6 nitrogen and oxygen atoms in total. The average Bonchev–Trinajstić information content (AvgIpc) is 2.44. The normalized spacial score (nSPS) is 19.8. The molecule has 1 aliphatic rings. The second kappa shape index (κ2) is 6.49. The molecule has 0 aromatic heterocycles. The molecule has 1 heterocycles. The lowest BCUT2D eigenvalue weighted by atomic mass is 10.2. The van der Waals surface area contributed by atoms with Crippen LogP contribution in [0, 0.1) is 0 Å². The zero-order valence-electron chi connectivity index (χ0n) is 11.5. The molecule has 3 N–H and O–H groups in total. The number of piperazine rings is 1. The summed E-state index contributed by atoms with van der Waals surface area (Å²) in [6, 6.07) is 7.24. The molecule has 1 aliphatic heterocycles. The number of hydrogen-bond acceptors (Lipinski definition) is 5. The third kappa shape index (κ3) is 3.55. The third-order valence-corrected chi connectivity index (χ3v) is 3.34. The lowest BCUT2D eigenvalue weighted by Crippen LogP contribution is -2.57. The van der Waals surface area contributed by atoms with Gasteiger partial charge >= 0.3 is 0 Å². The molecule has 2 rings (SSSR count). The first-order valence-electron chi connectivity index (χ1n) is 6.59. The number of amides is 2. The van der Waals surface area contributed by atoms with E-state index in [1.807, 2.05) is 24.3 Å². The van der Waals surface area contributed by atoms with Crippen molar-refractivity contribution >= 4 is 11.8 Å². The molecule has 1 atom stereocenters. The van der Waals surface area contributed by atoms with Gasteiger partial charge in [-0.3, -0.25) is 19.8 Å². The maximum Gasteiger partial charge on any atom is 0.243 e. The highest BCUT2D eigenvalue weighted by molar-refractivity contribution is 6.00. The predicted molar refractivity (Wildman–Crippen MR) is 74.0 cm³/mol. The number of carbonyl (C=O) groups excluding carboxylic acids is 2. The van der Waals surface area contributed by atoms with Gasteiger partial charge in [-0.05, 0) is 24.6 Å². The first kappa shape index (κ1) is 14.5.